The van der Waals surface area contributed by atoms with Crippen LogP contribution in [-0.4, -0.2) is 26.7 Å². The number of ether oxygens (including phenoxy) is 1. The molecule has 1 N–H and O–H groups in total. The highest BCUT2D eigenvalue weighted by Crippen LogP contribution is 2.26. The highest BCUT2D eigenvalue weighted by atomic mass is 16.5. The van der Waals surface area contributed by atoms with Gasteiger partial charge in [0.1, 0.15) is 11.6 Å². The maximum Gasteiger partial charge on any atom is 0.184 e. The maximum atomic E-state index is 5.21. The van der Waals surface area contributed by atoms with E-state index in [0.717, 1.165) is 45.2 Å². The van der Waals surface area contributed by atoms with E-state index in [1.165, 1.54) is 0 Å². The van der Waals surface area contributed by atoms with Crippen molar-refractivity contribution in [3.63, 3.8) is 0 Å². The van der Waals surface area contributed by atoms with E-state index in [9.17, 15) is 0 Å². The van der Waals surface area contributed by atoms with Crippen LogP contribution in [0.15, 0.2) is 36.4 Å². The normalized spacial score (nSPS) is 11.2. The summed E-state index contributed by atoms with van der Waals surface area (Å²) in [6.45, 7) is 6.03. The van der Waals surface area contributed by atoms with Crippen molar-refractivity contribution >= 4 is 28.2 Å². The number of methoxy groups -OCH3 is 1. The fraction of sp³-hybridized carbons (Fsp3) is 0.211. The molecular weight excluding hydrogens is 314 g/mol. The van der Waals surface area contributed by atoms with Gasteiger partial charge >= 0.3 is 0 Å². The minimum absolute atomic E-state index is 0.716. The lowest BCUT2D eigenvalue weighted by molar-refractivity contribution is 0.415. The van der Waals surface area contributed by atoms with Crippen LogP contribution < -0.4 is 10.1 Å². The first kappa shape index (κ1) is 15.4. The summed E-state index contributed by atoms with van der Waals surface area (Å²) in [6, 6.07) is 11.8. The number of aromatic nitrogens is 4. The topological polar surface area (TPSA) is 64.3 Å². The van der Waals surface area contributed by atoms with Gasteiger partial charge in [0.15, 0.2) is 11.3 Å². The minimum atomic E-state index is 0.716. The Morgan fingerprint density at radius 2 is 1.68 bits per heavy atom. The van der Waals surface area contributed by atoms with Gasteiger partial charge in [0.05, 0.1) is 12.5 Å². The second-order valence-corrected chi connectivity index (χ2v) is 6.15. The zero-order chi connectivity index (χ0) is 17.6. The number of anilines is 2. The van der Waals surface area contributed by atoms with E-state index in [2.05, 4.69) is 33.4 Å². The molecule has 1 aromatic carbocycles. The second kappa shape index (κ2) is 5.73. The number of fused-ring (bicyclic) bond motifs is 3. The third kappa shape index (κ3) is 2.65. The molecule has 6 nitrogen and oxygen atoms in total. The van der Waals surface area contributed by atoms with Gasteiger partial charge in [-0.25, -0.2) is 9.97 Å². The van der Waals surface area contributed by atoms with Crippen LogP contribution in [-0.2, 0) is 0 Å². The zero-order valence-corrected chi connectivity index (χ0v) is 14.7. The first-order valence-corrected chi connectivity index (χ1v) is 8.10. The van der Waals surface area contributed by atoms with Crippen molar-refractivity contribution in [2.24, 2.45) is 0 Å². The van der Waals surface area contributed by atoms with E-state index >= 15 is 0 Å². The Labute approximate surface area is 145 Å². The van der Waals surface area contributed by atoms with Crippen molar-refractivity contribution in [3.8, 4) is 5.75 Å². The number of rotatable bonds is 3. The van der Waals surface area contributed by atoms with Crippen LogP contribution in [0.4, 0.5) is 11.5 Å². The van der Waals surface area contributed by atoms with Crippen LogP contribution in [0.1, 0.15) is 17.0 Å². The van der Waals surface area contributed by atoms with Crippen LogP contribution in [0, 0.1) is 20.8 Å². The number of aryl methyl sites for hydroxylation is 3. The first-order valence-electron chi connectivity index (χ1n) is 8.10. The molecule has 0 saturated carbocycles. The van der Waals surface area contributed by atoms with Crippen molar-refractivity contribution in [3.05, 3.63) is 53.3 Å². The summed E-state index contributed by atoms with van der Waals surface area (Å²) in [5.74, 6) is 1.67. The molecule has 0 aliphatic rings. The SMILES string of the molecule is COc1ccc(Nc2cc(C)nc3c4c(C)cc(C)nc4nn23)cc1. The quantitative estimate of drug-likeness (QED) is 0.615. The number of nitrogens with zero attached hydrogens (tertiary/aromatic N) is 4. The molecule has 3 aromatic heterocycles. The van der Waals surface area contributed by atoms with E-state index < -0.39 is 0 Å². The summed E-state index contributed by atoms with van der Waals surface area (Å²) < 4.78 is 7.03. The Kier molecular flexibility index (Phi) is 3.53. The van der Waals surface area contributed by atoms with Gasteiger partial charge < -0.3 is 10.1 Å². The minimum Gasteiger partial charge on any atom is -0.497 e. The molecule has 0 radical (unpaired) electrons. The molecule has 0 spiro atoms. The molecule has 25 heavy (non-hydrogen) atoms. The van der Waals surface area contributed by atoms with Gasteiger partial charge in [-0.2, -0.15) is 4.52 Å². The van der Waals surface area contributed by atoms with Crippen LogP contribution in [0.3, 0.4) is 0 Å². The van der Waals surface area contributed by atoms with Gasteiger partial charge in [0, 0.05) is 23.1 Å². The third-order valence-electron chi connectivity index (χ3n) is 4.16. The van der Waals surface area contributed by atoms with Crippen molar-refractivity contribution < 1.29 is 4.74 Å². The number of hydrogen-bond donors (Lipinski definition) is 1. The Bertz CT molecular complexity index is 1080. The lowest BCUT2D eigenvalue weighted by Gasteiger charge is -2.10. The van der Waals surface area contributed by atoms with Gasteiger partial charge in [-0.15, -0.1) is 5.10 Å². The smallest absolute Gasteiger partial charge is 0.184 e. The second-order valence-electron chi connectivity index (χ2n) is 6.15. The van der Waals surface area contributed by atoms with Crippen molar-refractivity contribution in [2.45, 2.75) is 20.8 Å². The summed E-state index contributed by atoms with van der Waals surface area (Å²) in [5, 5.41) is 9.07. The Morgan fingerprint density at radius 3 is 2.40 bits per heavy atom. The molecule has 0 atom stereocenters. The van der Waals surface area contributed by atoms with E-state index in [-0.39, 0.29) is 0 Å². The molecule has 0 aliphatic carbocycles. The molecule has 4 rings (SSSR count). The average Bonchev–Trinajstić information content (AvgIpc) is 2.94. The summed E-state index contributed by atoms with van der Waals surface area (Å²) in [5.41, 5.74) is 5.49. The molecule has 0 saturated heterocycles. The fourth-order valence-corrected chi connectivity index (χ4v) is 3.05. The standard InChI is InChI=1S/C19H19N5O/c1-11-9-12(2)20-18-17(11)19-21-13(3)10-16(24(19)23-18)22-14-5-7-15(25-4)8-6-14/h5-10,22H,1-4H3. The van der Waals surface area contributed by atoms with Crippen LogP contribution in [0.5, 0.6) is 5.75 Å². The molecule has 0 unspecified atom stereocenters. The molecule has 0 bridgehead atoms. The molecule has 3 heterocycles. The third-order valence-corrected chi connectivity index (χ3v) is 4.16. The Balaban J connectivity index is 1.89. The Morgan fingerprint density at radius 1 is 0.960 bits per heavy atom. The molecule has 4 aromatic rings. The van der Waals surface area contributed by atoms with Gasteiger partial charge in [-0.3, -0.25) is 0 Å². The molecule has 6 heteroatoms. The van der Waals surface area contributed by atoms with Crippen molar-refractivity contribution in [1.29, 1.82) is 0 Å². The molecule has 0 fully saturated rings. The summed E-state index contributed by atoms with van der Waals surface area (Å²) >= 11 is 0. The lowest BCUT2D eigenvalue weighted by atomic mass is 10.2. The van der Waals surface area contributed by atoms with Crippen LogP contribution >= 0.6 is 0 Å². The van der Waals surface area contributed by atoms with Crippen LogP contribution in [0.2, 0.25) is 0 Å². The van der Waals surface area contributed by atoms with E-state index in [4.69, 9.17) is 4.74 Å². The molecule has 0 amide bonds. The Hall–Kier alpha value is -3.15. The number of nitrogens with one attached hydrogen (secondary N) is 1. The lowest BCUT2D eigenvalue weighted by Crippen LogP contribution is -2.02. The number of pyridine rings is 1. The van der Waals surface area contributed by atoms with Gasteiger partial charge in [0.2, 0.25) is 0 Å². The van der Waals surface area contributed by atoms with Gasteiger partial charge in [-0.1, -0.05) is 0 Å². The molecule has 0 aliphatic heterocycles. The van der Waals surface area contributed by atoms with E-state index in [0.29, 0.717) is 5.65 Å². The van der Waals surface area contributed by atoms with Crippen LogP contribution in [0.25, 0.3) is 16.7 Å². The van der Waals surface area contributed by atoms with Crippen molar-refractivity contribution in [1.82, 2.24) is 19.6 Å². The highest BCUT2D eigenvalue weighted by molar-refractivity contribution is 5.93. The highest BCUT2D eigenvalue weighted by Gasteiger charge is 2.14. The number of hydrogen-bond acceptors (Lipinski definition) is 5. The molecular formula is C19H19N5O. The molecule has 126 valence electrons. The van der Waals surface area contributed by atoms with Crippen molar-refractivity contribution in [2.75, 3.05) is 12.4 Å². The first-order chi connectivity index (χ1) is 12.0. The summed E-state index contributed by atoms with van der Waals surface area (Å²) in [6.07, 6.45) is 0. The van der Waals surface area contributed by atoms with E-state index in [1.807, 2.05) is 48.7 Å². The maximum absolute atomic E-state index is 5.21. The summed E-state index contributed by atoms with van der Waals surface area (Å²) in [4.78, 5) is 9.24. The fourth-order valence-electron chi connectivity index (χ4n) is 3.05. The average molecular weight is 333 g/mol. The zero-order valence-electron chi connectivity index (χ0n) is 14.7. The predicted molar refractivity (Wildman–Crippen MR) is 98.8 cm³/mol. The largest absolute Gasteiger partial charge is 0.497 e. The van der Waals surface area contributed by atoms with Gasteiger partial charge in [-0.05, 0) is 56.7 Å². The van der Waals surface area contributed by atoms with Gasteiger partial charge in [0.25, 0.3) is 0 Å². The number of benzene rings is 1. The van der Waals surface area contributed by atoms with E-state index in [1.54, 1.807) is 7.11 Å². The predicted octanol–water partition coefficient (Wildman–Crippen LogP) is 3.95. The summed E-state index contributed by atoms with van der Waals surface area (Å²) in [7, 11) is 1.66. The monoisotopic (exact) mass is 333 g/mol.